The highest BCUT2D eigenvalue weighted by atomic mass is 32.2. The number of nitrogen functional groups attached to an aromatic ring is 1. The fourth-order valence-corrected chi connectivity index (χ4v) is 3.35. The second-order valence-electron chi connectivity index (χ2n) is 4.91. The highest BCUT2D eigenvalue weighted by Gasteiger charge is 2.28. The fourth-order valence-electron chi connectivity index (χ4n) is 2.31. The van der Waals surface area contributed by atoms with Crippen LogP contribution in [0.4, 0.5) is 11.4 Å². The molecule has 0 aliphatic carbocycles. The number of rotatable bonds is 3. The summed E-state index contributed by atoms with van der Waals surface area (Å²) in [7, 11) is 0. The van der Waals surface area contributed by atoms with Crippen LogP contribution in [0.2, 0.25) is 0 Å². The summed E-state index contributed by atoms with van der Waals surface area (Å²) < 4.78 is 0. The van der Waals surface area contributed by atoms with Crippen molar-refractivity contribution in [3.63, 3.8) is 0 Å². The van der Waals surface area contributed by atoms with Crippen LogP contribution in [0, 0.1) is 0 Å². The molecule has 0 spiro atoms. The number of nitrogens with one attached hydrogen (secondary N) is 1. The maximum absolute atomic E-state index is 12.3. The van der Waals surface area contributed by atoms with Crippen molar-refractivity contribution in [1.82, 2.24) is 4.90 Å². The molecule has 0 bridgehead atoms. The van der Waals surface area contributed by atoms with Crippen molar-refractivity contribution in [3.05, 3.63) is 24.3 Å². The number of thioether (sulfide) groups is 1. The van der Waals surface area contributed by atoms with Gasteiger partial charge in [-0.25, -0.2) is 0 Å². The highest BCUT2D eigenvalue weighted by molar-refractivity contribution is 7.99. The minimum absolute atomic E-state index is 0.0108. The molecule has 1 aliphatic rings. The Kier molecular flexibility index (Phi) is 4.71. The Morgan fingerprint density at radius 3 is 2.95 bits per heavy atom. The van der Waals surface area contributed by atoms with Crippen LogP contribution < -0.4 is 11.1 Å². The zero-order valence-corrected chi connectivity index (χ0v) is 12.2. The van der Waals surface area contributed by atoms with E-state index >= 15 is 0 Å². The number of nitrogens with zero attached hydrogens (tertiary/aromatic N) is 1. The molecular weight excluding hydrogens is 258 g/mol. The zero-order valence-electron chi connectivity index (χ0n) is 11.4. The van der Waals surface area contributed by atoms with E-state index in [-0.39, 0.29) is 11.9 Å². The number of hydrogen-bond acceptors (Lipinski definition) is 4. The minimum atomic E-state index is -0.129. The van der Waals surface area contributed by atoms with Gasteiger partial charge in [0, 0.05) is 24.1 Å². The first-order chi connectivity index (χ1) is 9.09. The van der Waals surface area contributed by atoms with Crippen molar-refractivity contribution in [2.24, 2.45) is 0 Å². The lowest BCUT2D eigenvalue weighted by Crippen LogP contribution is -2.50. The molecule has 104 valence electrons. The average Bonchev–Trinajstić information content (AvgIpc) is 2.41. The smallest absolute Gasteiger partial charge is 0.241 e. The van der Waals surface area contributed by atoms with Gasteiger partial charge in [-0.15, -0.1) is 0 Å². The average molecular weight is 279 g/mol. The third kappa shape index (κ3) is 3.42. The first-order valence-electron chi connectivity index (χ1n) is 6.58. The summed E-state index contributed by atoms with van der Waals surface area (Å²) in [5.74, 6) is 2.19. The summed E-state index contributed by atoms with van der Waals surface area (Å²) in [6.07, 6.45) is 0. The number of amides is 1. The molecule has 0 aromatic heterocycles. The van der Waals surface area contributed by atoms with Crippen molar-refractivity contribution < 1.29 is 4.79 Å². The molecule has 1 saturated heterocycles. The van der Waals surface area contributed by atoms with E-state index in [4.69, 9.17) is 5.73 Å². The van der Waals surface area contributed by atoms with E-state index in [1.807, 2.05) is 36.9 Å². The van der Waals surface area contributed by atoms with Gasteiger partial charge in [-0.3, -0.25) is 9.69 Å². The number of carbonyl (C=O) groups excluding carboxylic acids is 1. The van der Waals surface area contributed by atoms with E-state index in [1.54, 1.807) is 6.07 Å². The summed E-state index contributed by atoms with van der Waals surface area (Å²) in [6.45, 7) is 5.10. The number of nitrogens with two attached hydrogens (primary N) is 1. The summed E-state index contributed by atoms with van der Waals surface area (Å²) in [4.78, 5) is 14.5. The standard InChI is InChI=1S/C14H21N3OS/c1-10-9-19-8-7-17(10)11(2)14(18)16-13-6-4-3-5-12(13)15/h3-6,10-11H,7-9,15H2,1-2H3,(H,16,18). The topological polar surface area (TPSA) is 58.4 Å². The first kappa shape index (κ1) is 14.2. The lowest BCUT2D eigenvalue weighted by atomic mass is 10.2. The van der Waals surface area contributed by atoms with Crippen LogP contribution in [-0.2, 0) is 4.79 Å². The first-order valence-corrected chi connectivity index (χ1v) is 7.74. The van der Waals surface area contributed by atoms with E-state index in [2.05, 4.69) is 17.1 Å². The third-order valence-corrected chi connectivity index (χ3v) is 4.70. The van der Waals surface area contributed by atoms with Crippen molar-refractivity contribution in [1.29, 1.82) is 0 Å². The molecule has 19 heavy (non-hydrogen) atoms. The largest absolute Gasteiger partial charge is 0.397 e. The van der Waals surface area contributed by atoms with Crippen molar-refractivity contribution in [2.75, 3.05) is 29.1 Å². The second-order valence-corrected chi connectivity index (χ2v) is 6.06. The summed E-state index contributed by atoms with van der Waals surface area (Å²) in [5.41, 5.74) is 7.14. The Morgan fingerprint density at radius 1 is 1.53 bits per heavy atom. The van der Waals surface area contributed by atoms with Crippen LogP contribution in [0.15, 0.2) is 24.3 Å². The number of para-hydroxylation sites is 2. The van der Waals surface area contributed by atoms with Crippen molar-refractivity contribution in [2.45, 2.75) is 25.9 Å². The van der Waals surface area contributed by atoms with Gasteiger partial charge in [0.15, 0.2) is 0 Å². The quantitative estimate of drug-likeness (QED) is 0.831. The second kappa shape index (κ2) is 6.30. The molecule has 1 aromatic carbocycles. The van der Waals surface area contributed by atoms with Crippen LogP contribution in [0.1, 0.15) is 13.8 Å². The van der Waals surface area contributed by atoms with Crippen LogP contribution >= 0.6 is 11.8 Å². The van der Waals surface area contributed by atoms with Gasteiger partial charge in [0.1, 0.15) is 0 Å². The molecule has 2 unspecified atom stereocenters. The van der Waals surface area contributed by atoms with Crippen LogP contribution in [0.3, 0.4) is 0 Å². The van der Waals surface area contributed by atoms with Crippen molar-refractivity contribution in [3.8, 4) is 0 Å². The Morgan fingerprint density at radius 2 is 2.26 bits per heavy atom. The molecule has 1 aliphatic heterocycles. The molecule has 0 saturated carbocycles. The Bertz CT molecular complexity index is 452. The highest BCUT2D eigenvalue weighted by Crippen LogP contribution is 2.21. The van der Waals surface area contributed by atoms with Gasteiger partial charge in [0.2, 0.25) is 5.91 Å². The van der Waals surface area contributed by atoms with Gasteiger partial charge in [0.25, 0.3) is 0 Å². The van der Waals surface area contributed by atoms with Crippen molar-refractivity contribution >= 4 is 29.0 Å². The van der Waals surface area contributed by atoms with E-state index in [0.29, 0.717) is 17.4 Å². The zero-order chi connectivity index (χ0) is 13.8. The van der Waals surface area contributed by atoms with Crippen LogP contribution in [-0.4, -0.2) is 40.9 Å². The molecule has 1 heterocycles. The lowest BCUT2D eigenvalue weighted by molar-refractivity contribution is -0.121. The summed E-state index contributed by atoms with van der Waals surface area (Å²) in [5, 5.41) is 2.92. The van der Waals surface area contributed by atoms with Crippen LogP contribution in [0.5, 0.6) is 0 Å². The van der Waals surface area contributed by atoms with Crippen LogP contribution in [0.25, 0.3) is 0 Å². The molecule has 2 rings (SSSR count). The van der Waals surface area contributed by atoms with E-state index < -0.39 is 0 Å². The lowest BCUT2D eigenvalue weighted by Gasteiger charge is -2.36. The molecule has 1 amide bonds. The van der Waals surface area contributed by atoms with Gasteiger partial charge in [-0.2, -0.15) is 11.8 Å². The number of benzene rings is 1. The molecule has 1 aromatic rings. The van der Waals surface area contributed by atoms with Gasteiger partial charge in [0.05, 0.1) is 17.4 Å². The summed E-state index contributed by atoms with van der Waals surface area (Å²) in [6, 6.07) is 7.66. The molecule has 3 N–H and O–H groups in total. The Balaban J connectivity index is 2.01. The maximum Gasteiger partial charge on any atom is 0.241 e. The molecule has 1 fully saturated rings. The predicted octanol–water partition coefficient (Wildman–Crippen LogP) is 2.03. The predicted molar refractivity (Wildman–Crippen MR) is 82.4 cm³/mol. The van der Waals surface area contributed by atoms with Gasteiger partial charge < -0.3 is 11.1 Å². The normalized spacial score (nSPS) is 21.9. The van der Waals surface area contributed by atoms with E-state index in [1.165, 1.54) is 0 Å². The molecule has 4 nitrogen and oxygen atoms in total. The maximum atomic E-state index is 12.3. The fraction of sp³-hybridized carbons (Fsp3) is 0.500. The molecular formula is C14H21N3OS. The Labute approximate surface area is 118 Å². The van der Waals surface area contributed by atoms with Gasteiger partial charge in [-0.1, -0.05) is 12.1 Å². The molecule has 2 atom stereocenters. The van der Waals surface area contributed by atoms with Gasteiger partial charge >= 0.3 is 0 Å². The van der Waals surface area contributed by atoms with Gasteiger partial charge in [-0.05, 0) is 26.0 Å². The molecule has 5 heteroatoms. The summed E-state index contributed by atoms with van der Waals surface area (Å²) >= 11 is 1.95. The molecule has 0 radical (unpaired) electrons. The van der Waals surface area contributed by atoms with E-state index in [0.717, 1.165) is 18.1 Å². The van der Waals surface area contributed by atoms with E-state index in [9.17, 15) is 4.79 Å². The monoisotopic (exact) mass is 279 g/mol. The third-order valence-electron chi connectivity index (χ3n) is 3.51. The Hall–Kier alpha value is -1.20. The SMILES string of the molecule is CC1CSCCN1C(C)C(=O)Nc1ccccc1N. The number of hydrogen-bond donors (Lipinski definition) is 2. The number of anilines is 2. The number of carbonyl (C=O) groups is 1. The minimum Gasteiger partial charge on any atom is -0.397 e.